The predicted molar refractivity (Wildman–Crippen MR) is 76.2 cm³/mol. The first-order chi connectivity index (χ1) is 8.74. The smallest absolute Gasteiger partial charge is 0.142 e. The van der Waals surface area contributed by atoms with E-state index >= 15 is 0 Å². The van der Waals surface area contributed by atoms with Crippen LogP contribution in [0.25, 0.3) is 0 Å². The summed E-state index contributed by atoms with van der Waals surface area (Å²) in [6.07, 6.45) is 5.05. The number of benzene rings is 1. The van der Waals surface area contributed by atoms with Gasteiger partial charge in [0.15, 0.2) is 0 Å². The Kier molecular flexibility index (Phi) is 4.48. The standard InChI is InChI=1S/C15H24N2O/c1-11-7-8-14(15(9-11)18-2)17-13-6-4-3-5-12(13)10-16/h7-9,12-13,17H,3-6,10,16H2,1-2H3. The van der Waals surface area contributed by atoms with Gasteiger partial charge in [-0.05, 0) is 49.9 Å². The normalized spacial score (nSPS) is 23.7. The van der Waals surface area contributed by atoms with Gasteiger partial charge in [0.25, 0.3) is 0 Å². The molecule has 0 saturated heterocycles. The molecular weight excluding hydrogens is 224 g/mol. The fourth-order valence-corrected chi connectivity index (χ4v) is 2.80. The summed E-state index contributed by atoms with van der Waals surface area (Å²) >= 11 is 0. The second kappa shape index (κ2) is 6.10. The van der Waals surface area contributed by atoms with Crippen molar-refractivity contribution >= 4 is 5.69 Å². The highest BCUT2D eigenvalue weighted by atomic mass is 16.5. The maximum absolute atomic E-state index is 5.87. The first-order valence-electron chi connectivity index (χ1n) is 6.86. The van der Waals surface area contributed by atoms with E-state index < -0.39 is 0 Å². The number of hydrogen-bond acceptors (Lipinski definition) is 3. The van der Waals surface area contributed by atoms with Gasteiger partial charge in [0.2, 0.25) is 0 Å². The van der Waals surface area contributed by atoms with Crippen molar-refractivity contribution in [2.24, 2.45) is 11.7 Å². The average molecular weight is 248 g/mol. The fourth-order valence-electron chi connectivity index (χ4n) is 2.80. The highest BCUT2D eigenvalue weighted by molar-refractivity contribution is 5.58. The van der Waals surface area contributed by atoms with Crippen LogP contribution in [0.15, 0.2) is 18.2 Å². The summed E-state index contributed by atoms with van der Waals surface area (Å²) in [7, 11) is 1.72. The molecule has 100 valence electrons. The molecule has 1 aliphatic rings. The Hall–Kier alpha value is -1.22. The van der Waals surface area contributed by atoms with Crippen LogP contribution in [0.2, 0.25) is 0 Å². The van der Waals surface area contributed by atoms with Gasteiger partial charge < -0.3 is 15.8 Å². The quantitative estimate of drug-likeness (QED) is 0.861. The van der Waals surface area contributed by atoms with Gasteiger partial charge in [-0.15, -0.1) is 0 Å². The van der Waals surface area contributed by atoms with Crippen molar-refractivity contribution < 1.29 is 4.74 Å². The van der Waals surface area contributed by atoms with E-state index in [9.17, 15) is 0 Å². The lowest BCUT2D eigenvalue weighted by Gasteiger charge is -2.32. The molecule has 0 bridgehead atoms. The molecule has 1 aromatic carbocycles. The third-order valence-corrected chi connectivity index (χ3v) is 3.91. The molecule has 3 N–H and O–H groups in total. The van der Waals surface area contributed by atoms with Crippen molar-refractivity contribution in [1.82, 2.24) is 0 Å². The minimum absolute atomic E-state index is 0.486. The summed E-state index contributed by atoms with van der Waals surface area (Å²) in [5.74, 6) is 1.51. The molecule has 1 saturated carbocycles. The van der Waals surface area contributed by atoms with Gasteiger partial charge in [-0.1, -0.05) is 18.9 Å². The zero-order valence-electron chi connectivity index (χ0n) is 11.4. The summed E-state index contributed by atoms with van der Waals surface area (Å²) in [6.45, 7) is 2.85. The van der Waals surface area contributed by atoms with Crippen molar-refractivity contribution in [3.05, 3.63) is 23.8 Å². The number of ether oxygens (including phenoxy) is 1. The number of rotatable bonds is 4. The minimum Gasteiger partial charge on any atom is -0.495 e. The number of anilines is 1. The number of methoxy groups -OCH3 is 1. The molecule has 18 heavy (non-hydrogen) atoms. The average Bonchev–Trinajstić information content (AvgIpc) is 2.41. The Morgan fingerprint density at radius 3 is 2.83 bits per heavy atom. The van der Waals surface area contributed by atoms with E-state index in [-0.39, 0.29) is 0 Å². The van der Waals surface area contributed by atoms with Crippen LogP contribution in [0.4, 0.5) is 5.69 Å². The van der Waals surface area contributed by atoms with Gasteiger partial charge in [0, 0.05) is 6.04 Å². The molecule has 3 heteroatoms. The van der Waals surface area contributed by atoms with Crippen LogP contribution in [0.5, 0.6) is 5.75 Å². The van der Waals surface area contributed by atoms with Gasteiger partial charge in [-0.2, -0.15) is 0 Å². The van der Waals surface area contributed by atoms with Crippen molar-refractivity contribution in [2.45, 2.75) is 38.6 Å². The van der Waals surface area contributed by atoms with Gasteiger partial charge >= 0.3 is 0 Å². The summed E-state index contributed by atoms with van der Waals surface area (Å²) in [6, 6.07) is 6.78. The Bertz CT molecular complexity index is 392. The molecular formula is C15H24N2O. The molecule has 0 spiro atoms. The SMILES string of the molecule is COc1cc(C)ccc1NC1CCCCC1CN. The van der Waals surface area contributed by atoms with E-state index in [1.54, 1.807) is 7.11 Å². The first-order valence-corrected chi connectivity index (χ1v) is 6.86. The Morgan fingerprint density at radius 1 is 1.33 bits per heavy atom. The third kappa shape index (κ3) is 2.96. The van der Waals surface area contributed by atoms with Gasteiger partial charge in [-0.3, -0.25) is 0 Å². The second-order valence-electron chi connectivity index (χ2n) is 5.23. The van der Waals surface area contributed by atoms with Crippen LogP contribution >= 0.6 is 0 Å². The molecule has 0 amide bonds. The molecule has 0 radical (unpaired) electrons. The van der Waals surface area contributed by atoms with Gasteiger partial charge in [0.1, 0.15) is 5.75 Å². The lowest BCUT2D eigenvalue weighted by Crippen LogP contribution is -2.36. The maximum Gasteiger partial charge on any atom is 0.142 e. The minimum atomic E-state index is 0.486. The number of aryl methyl sites for hydroxylation is 1. The van der Waals surface area contributed by atoms with Crippen LogP contribution < -0.4 is 15.8 Å². The lowest BCUT2D eigenvalue weighted by molar-refractivity contribution is 0.331. The maximum atomic E-state index is 5.87. The van der Waals surface area contributed by atoms with Crippen molar-refractivity contribution in [2.75, 3.05) is 19.0 Å². The van der Waals surface area contributed by atoms with Crippen LogP contribution in [-0.4, -0.2) is 19.7 Å². The van der Waals surface area contributed by atoms with E-state index in [1.807, 2.05) is 0 Å². The third-order valence-electron chi connectivity index (χ3n) is 3.91. The van der Waals surface area contributed by atoms with E-state index in [1.165, 1.54) is 31.2 Å². The van der Waals surface area contributed by atoms with E-state index in [4.69, 9.17) is 10.5 Å². The number of hydrogen-bond donors (Lipinski definition) is 2. The largest absolute Gasteiger partial charge is 0.495 e. The van der Waals surface area contributed by atoms with Gasteiger partial charge in [-0.25, -0.2) is 0 Å². The molecule has 3 nitrogen and oxygen atoms in total. The molecule has 2 atom stereocenters. The topological polar surface area (TPSA) is 47.3 Å². The zero-order chi connectivity index (χ0) is 13.0. The Morgan fingerprint density at radius 2 is 2.11 bits per heavy atom. The van der Waals surface area contributed by atoms with Crippen LogP contribution in [0.1, 0.15) is 31.2 Å². The first kappa shape index (κ1) is 13.2. The molecule has 1 fully saturated rings. The van der Waals surface area contributed by atoms with Crippen molar-refractivity contribution in [1.29, 1.82) is 0 Å². The zero-order valence-corrected chi connectivity index (χ0v) is 11.4. The molecule has 0 aromatic heterocycles. The van der Waals surface area contributed by atoms with E-state index in [0.717, 1.165) is 18.0 Å². The summed E-state index contributed by atoms with van der Waals surface area (Å²) < 4.78 is 5.44. The monoisotopic (exact) mass is 248 g/mol. The highest BCUT2D eigenvalue weighted by Gasteiger charge is 2.24. The highest BCUT2D eigenvalue weighted by Crippen LogP contribution is 2.31. The molecule has 0 aliphatic heterocycles. The van der Waals surface area contributed by atoms with Gasteiger partial charge in [0.05, 0.1) is 12.8 Å². The molecule has 1 aliphatic carbocycles. The fraction of sp³-hybridized carbons (Fsp3) is 0.600. The summed E-state index contributed by atoms with van der Waals surface area (Å²) in [4.78, 5) is 0. The van der Waals surface area contributed by atoms with Crippen LogP contribution in [0, 0.1) is 12.8 Å². The lowest BCUT2D eigenvalue weighted by atomic mass is 9.84. The molecule has 1 aromatic rings. The summed E-state index contributed by atoms with van der Waals surface area (Å²) in [5, 5.41) is 3.62. The van der Waals surface area contributed by atoms with Crippen LogP contribution in [0.3, 0.4) is 0 Å². The van der Waals surface area contributed by atoms with Crippen LogP contribution in [-0.2, 0) is 0 Å². The van der Waals surface area contributed by atoms with E-state index in [0.29, 0.717) is 12.0 Å². The Labute approximate surface area is 110 Å². The van der Waals surface area contributed by atoms with Crippen molar-refractivity contribution in [3.8, 4) is 5.75 Å². The van der Waals surface area contributed by atoms with E-state index in [2.05, 4.69) is 30.4 Å². The second-order valence-corrected chi connectivity index (χ2v) is 5.23. The van der Waals surface area contributed by atoms with Crippen molar-refractivity contribution in [3.63, 3.8) is 0 Å². The number of nitrogens with two attached hydrogens (primary N) is 1. The Balaban J connectivity index is 2.12. The molecule has 2 rings (SSSR count). The molecule has 2 unspecified atom stereocenters. The summed E-state index contributed by atoms with van der Waals surface area (Å²) in [5.41, 5.74) is 8.18. The number of nitrogens with one attached hydrogen (secondary N) is 1. The molecule has 0 heterocycles. The predicted octanol–water partition coefficient (Wildman–Crippen LogP) is 2.93.